The zero-order valence-electron chi connectivity index (χ0n) is 15.9. The second kappa shape index (κ2) is 8.42. The molecule has 1 fully saturated rings. The third-order valence-electron chi connectivity index (χ3n) is 4.79. The fourth-order valence-corrected chi connectivity index (χ4v) is 5.38. The number of likely N-dealkylation sites (N-methyl/N-ethyl adjacent to an activating group) is 1. The summed E-state index contributed by atoms with van der Waals surface area (Å²) >= 11 is 1.14. The lowest BCUT2D eigenvalue weighted by molar-refractivity contribution is -0.131. The summed E-state index contributed by atoms with van der Waals surface area (Å²) in [6, 6.07) is 10.6. The summed E-state index contributed by atoms with van der Waals surface area (Å²) in [5.41, 5.74) is 1.68. The number of amides is 1. The van der Waals surface area contributed by atoms with Crippen molar-refractivity contribution in [3.8, 4) is 0 Å². The van der Waals surface area contributed by atoms with Gasteiger partial charge < -0.3 is 9.80 Å². The van der Waals surface area contributed by atoms with Gasteiger partial charge in [-0.3, -0.25) is 9.59 Å². The maximum absolute atomic E-state index is 12.6. The van der Waals surface area contributed by atoms with Crippen molar-refractivity contribution < 1.29 is 18.0 Å². The number of anilines is 1. The van der Waals surface area contributed by atoms with Gasteiger partial charge in [0.1, 0.15) is 4.21 Å². The van der Waals surface area contributed by atoms with Crippen LogP contribution in [0.15, 0.2) is 46.0 Å². The van der Waals surface area contributed by atoms with Gasteiger partial charge in [-0.2, -0.15) is 4.31 Å². The van der Waals surface area contributed by atoms with Crippen LogP contribution >= 0.6 is 11.3 Å². The Morgan fingerprint density at radius 2 is 1.71 bits per heavy atom. The summed E-state index contributed by atoms with van der Waals surface area (Å²) < 4.78 is 26.3. The van der Waals surface area contributed by atoms with Crippen molar-refractivity contribution in [1.29, 1.82) is 0 Å². The Bertz CT molecular complexity index is 932. The van der Waals surface area contributed by atoms with Gasteiger partial charge in [0.2, 0.25) is 5.91 Å². The first-order chi connectivity index (χ1) is 13.3. The van der Waals surface area contributed by atoms with Crippen LogP contribution in [0.25, 0.3) is 0 Å². The molecule has 1 aromatic carbocycles. The molecule has 0 spiro atoms. The van der Waals surface area contributed by atoms with Gasteiger partial charge in [0.05, 0.1) is 6.54 Å². The smallest absolute Gasteiger partial charge is 0.252 e. The molecule has 0 saturated carbocycles. The second-order valence-electron chi connectivity index (χ2n) is 6.66. The number of nitrogens with zero attached hydrogens (tertiary/aromatic N) is 3. The highest BCUT2D eigenvalue weighted by Gasteiger charge is 2.27. The molecule has 0 unspecified atom stereocenters. The van der Waals surface area contributed by atoms with Crippen LogP contribution in [0.4, 0.5) is 5.69 Å². The zero-order chi connectivity index (χ0) is 20.3. The number of hydrogen-bond donors (Lipinski definition) is 0. The normalized spacial score (nSPS) is 15.1. The fourth-order valence-electron chi connectivity index (χ4n) is 3.06. The largest absolute Gasteiger partial charge is 0.368 e. The van der Waals surface area contributed by atoms with Crippen molar-refractivity contribution in [3.63, 3.8) is 0 Å². The number of rotatable bonds is 6. The van der Waals surface area contributed by atoms with E-state index in [1.807, 2.05) is 12.1 Å². The van der Waals surface area contributed by atoms with Crippen molar-refractivity contribution in [2.24, 2.45) is 0 Å². The molecule has 0 atom stereocenters. The molecule has 1 aliphatic heterocycles. The molecule has 1 saturated heterocycles. The van der Waals surface area contributed by atoms with Crippen molar-refractivity contribution >= 4 is 38.7 Å². The Hall–Kier alpha value is -2.23. The lowest BCUT2D eigenvalue weighted by atomic mass is 10.1. The molecule has 9 heteroatoms. The summed E-state index contributed by atoms with van der Waals surface area (Å²) in [6.07, 6.45) is 0. The molecule has 2 aromatic rings. The van der Waals surface area contributed by atoms with Crippen LogP contribution in [0.2, 0.25) is 0 Å². The number of carbonyl (C=O) groups excluding carboxylic acids is 2. The first kappa shape index (κ1) is 20.5. The van der Waals surface area contributed by atoms with Gasteiger partial charge >= 0.3 is 0 Å². The molecule has 0 aliphatic carbocycles. The Morgan fingerprint density at radius 1 is 1.07 bits per heavy atom. The van der Waals surface area contributed by atoms with Gasteiger partial charge in [0.25, 0.3) is 10.0 Å². The fraction of sp³-hybridized carbons (Fsp3) is 0.368. The van der Waals surface area contributed by atoms with E-state index in [2.05, 4.69) is 4.90 Å². The van der Waals surface area contributed by atoms with E-state index in [1.54, 1.807) is 28.5 Å². The highest BCUT2D eigenvalue weighted by Crippen LogP contribution is 2.21. The van der Waals surface area contributed by atoms with Crippen molar-refractivity contribution in [2.45, 2.75) is 11.1 Å². The summed E-state index contributed by atoms with van der Waals surface area (Å²) in [5, 5.41) is 1.70. The molecular formula is C19H23N3O4S2. The molecule has 28 heavy (non-hydrogen) atoms. The van der Waals surface area contributed by atoms with Gasteiger partial charge in [-0.15, -0.1) is 11.3 Å². The van der Waals surface area contributed by atoms with Gasteiger partial charge in [0, 0.05) is 44.5 Å². The van der Waals surface area contributed by atoms with Crippen LogP contribution in [0.1, 0.15) is 17.3 Å². The standard InChI is InChI=1S/C19H23N3O4S2/c1-15(23)16-5-7-17(8-6-16)21-9-11-22(12-10-21)18(24)14-20(2)28(25,26)19-4-3-13-27-19/h3-8,13H,9-12,14H2,1-2H3. The first-order valence-corrected chi connectivity index (χ1v) is 11.2. The van der Waals surface area contributed by atoms with Crippen LogP contribution in [-0.4, -0.2) is 69.1 Å². The Kier molecular flexibility index (Phi) is 6.17. The minimum absolute atomic E-state index is 0.0311. The van der Waals surface area contributed by atoms with Crippen LogP contribution in [0.5, 0.6) is 0 Å². The van der Waals surface area contributed by atoms with Crippen LogP contribution in [0.3, 0.4) is 0 Å². The quantitative estimate of drug-likeness (QED) is 0.666. The zero-order valence-corrected chi connectivity index (χ0v) is 17.5. The van der Waals surface area contributed by atoms with E-state index in [0.29, 0.717) is 31.7 Å². The Labute approximate surface area is 169 Å². The van der Waals surface area contributed by atoms with Gasteiger partial charge in [-0.05, 0) is 42.6 Å². The average Bonchev–Trinajstić information content (AvgIpc) is 3.24. The van der Waals surface area contributed by atoms with Crippen molar-refractivity contribution in [3.05, 3.63) is 47.3 Å². The van der Waals surface area contributed by atoms with E-state index in [4.69, 9.17) is 0 Å². The number of ketones is 1. The van der Waals surface area contributed by atoms with Crippen LogP contribution in [-0.2, 0) is 14.8 Å². The molecular weight excluding hydrogens is 398 g/mol. The van der Waals surface area contributed by atoms with Crippen LogP contribution in [0, 0.1) is 0 Å². The molecule has 1 aliphatic rings. The Balaban J connectivity index is 1.55. The minimum Gasteiger partial charge on any atom is -0.368 e. The molecule has 0 radical (unpaired) electrons. The maximum Gasteiger partial charge on any atom is 0.252 e. The first-order valence-electron chi connectivity index (χ1n) is 8.92. The molecule has 0 N–H and O–H groups in total. The van der Waals surface area contributed by atoms with Crippen molar-refractivity contribution in [1.82, 2.24) is 9.21 Å². The topological polar surface area (TPSA) is 78.0 Å². The van der Waals surface area contributed by atoms with Gasteiger partial charge in [-0.25, -0.2) is 8.42 Å². The molecule has 1 amide bonds. The second-order valence-corrected chi connectivity index (χ2v) is 9.88. The van der Waals surface area contributed by atoms with E-state index in [9.17, 15) is 18.0 Å². The molecule has 1 aromatic heterocycles. The highest BCUT2D eigenvalue weighted by atomic mass is 32.2. The SMILES string of the molecule is CC(=O)c1ccc(N2CCN(C(=O)CN(C)S(=O)(=O)c3cccs3)CC2)cc1. The summed E-state index contributed by atoms with van der Waals surface area (Å²) in [7, 11) is -2.20. The highest BCUT2D eigenvalue weighted by molar-refractivity contribution is 7.91. The van der Waals surface area contributed by atoms with E-state index in [1.165, 1.54) is 20.0 Å². The summed E-state index contributed by atoms with van der Waals surface area (Å²) in [4.78, 5) is 27.8. The predicted molar refractivity (Wildman–Crippen MR) is 109 cm³/mol. The predicted octanol–water partition coefficient (Wildman–Crippen LogP) is 1.92. The molecule has 2 heterocycles. The number of Topliss-reactive ketones (excluding diaryl/α,β-unsaturated/α-hetero) is 1. The number of carbonyl (C=O) groups is 2. The van der Waals surface area contributed by atoms with E-state index in [0.717, 1.165) is 21.3 Å². The molecule has 3 rings (SSSR count). The third kappa shape index (κ3) is 4.43. The molecule has 0 bridgehead atoms. The van der Waals surface area contributed by atoms with E-state index in [-0.39, 0.29) is 22.4 Å². The third-order valence-corrected chi connectivity index (χ3v) is 7.97. The molecule has 7 nitrogen and oxygen atoms in total. The monoisotopic (exact) mass is 421 g/mol. The van der Waals surface area contributed by atoms with E-state index >= 15 is 0 Å². The number of hydrogen-bond acceptors (Lipinski definition) is 6. The minimum atomic E-state index is -3.63. The van der Waals surface area contributed by atoms with Gasteiger partial charge in [0.15, 0.2) is 5.78 Å². The molecule has 150 valence electrons. The number of sulfonamides is 1. The maximum atomic E-state index is 12.6. The number of benzene rings is 1. The lowest BCUT2D eigenvalue weighted by Gasteiger charge is -2.36. The average molecular weight is 422 g/mol. The Morgan fingerprint density at radius 3 is 2.25 bits per heavy atom. The van der Waals surface area contributed by atoms with E-state index < -0.39 is 10.0 Å². The summed E-state index contributed by atoms with van der Waals surface area (Å²) in [6.45, 7) is 3.74. The number of piperazine rings is 1. The number of thiophene rings is 1. The summed E-state index contributed by atoms with van der Waals surface area (Å²) in [5.74, 6) is -0.169. The van der Waals surface area contributed by atoms with Crippen LogP contribution < -0.4 is 4.90 Å². The van der Waals surface area contributed by atoms with Crippen molar-refractivity contribution in [2.75, 3.05) is 44.7 Å². The lowest BCUT2D eigenvalue weighted by Crippen LogP contribution is -2.51. The van der Waals surface area contributed by atoms with Gasteiger partial charge in [-0.1, -0.05) is 6.07 Å².